The first-order valence-corrected chi connectivity index (χ1v) is 10.6. The third-order valence-electron chi connectivity index (χ3n) is 5.38. The van der Waals surface area contributed by atoms with E-state index in [9.17, 15) is 5.11 Å². The van der Waals surface area contributed by atoms with E-state index in [1.807, 2.05) is 16.7 Å². The molecule has 0 aliphatic heterocycles. The van der Waals surface area contributed by atoms with Crippen molar-refractivity contribution in [2.24, 2.45) is 0 Å². The van der Waals surface area contributed by atoms with Crippen LogP contribution in [-0.2, 0) is 0 Å². The number of imidazole rings is 1. The van der Waals surface area contributed by atoms with Gasteiger partial charge in [0.15, 0.2) is 17.0 Å². The number of rotatable bonds is 6. The second kappa shape index (κ2) is 8.65. The van der Waals surface area contributed by atoms with E-state index in [0.717, 1.165) is 37.0 Å². The Hall–Kier alpha value is -2.58. The van der Waals surface area contributed by atoms with E-state index in [-0.39, 0.29) is 18.2 Å². The van der Waals surface area contributed by atoms with Crippen LogP contribution < -0.4 is 15.4 Å². The van der Waals surface area contributed by atoms with E-state index in [2.05, 4.69) is 29.5 Å². The Morgan fingerprint density at radius 1 is 1.17 bits per heavy atom. The van der Waals surface area contributed by atoms with Crippen molar-refractivity contribution in [1.82, 2.24) is 19.5 Å². The van der Waals surface area contributed by atoms with Gasteiger partial charge in [-0.15, -0.1) is 0 Å². The molecule has 0 radical (unpaired) electrons. The molecule has 1 fully saturated rings. The normalized spacial score (nSPS) is 19.3. The predicted octanol–water partition coefficient (Wildman–Crippen LogP) is 4.53. The lowest BCUT2D eigenvalue weighted by atomic mass is 9.93. The summed E-state index contributed by atoms with van der Waals surface area (Å²) >= 11 is 6.23. The first-order valence-electron chi connectivity index (χ1n) is 10.2. The highest BCUT2D eigenvalue weighted by Gasteiger charge is 2.22. The van der Waals surface area contributed by atoms with Crippen molar-refractivity contribution in [3.8, 4) is 5.75 Å². The molecule has 4 rings (SSSR count). The molecule has 1 aromatic carbocycles. The molecule has 9 heteroatoms. The minimum atomic E-state index is -0.205. The van der Waals surface area contributed by atoms with Gasteiger partial charge in [-0.1, -0.05) is 11.6 Å². The number of halogens is 1. The molecule has 1 aliphatic carbocycles. The molecule has 3 aromatic rings. The number of hydrogen-bond acceptors (Lipinski definition) is 7. The van der Waals surface area contributed by atoms with Crippen LogP contribution in [0.1, 0.15) is 45.6 Å². The van der Waals surface area contributed by atoms with E-state index >= 15 is 0 Å². The fraction of sp³-hybridized carbons (Fsp3) is 0.476. The van der Waals surface area contributed by atoms with Gasteiger partial charge in [-0.05, 0) is 51.7 Å². The molecule has 3 N–H and O–H groups in total. The Labute approximate surface area is 180 Å². The lowest BCUT2D eigenvalue weighted by Crippen LogP contribution is -2.29. The zero-order valence-electron chi connectivity index (χ0n) is 17.4. The highest BCUT2D eigenvalue weighted by atomic mass is 35.5. The fourth-order valence-electron chi connectivity index (χ4n) is 3.74. The van der Waals surface area contributed by atoms with Crippen LogP contribution in [0.3, 0.4) is 0 Å². The Morgan fingerprint density at radius 3 is 2.63 bits per heavy atom. The molecule has 2 aromatic heterocycles. The SMILES string of the molecule is COc1cc(Cl)cc(Nc2nc(NC3CCC(O)CC3)nc3c2ncn3C(C)C)c1. The largest absolute Gasteiger partial charge is 0.497 e. The van der Waals surface area contributed by atoms with E-state index in [4.69, 9.17) is 26.3 Å². The Morgan fingerprint density at radius 2 is 1.93 bits per heavy atom. The number of fused-ring (bicyclic) bond motifs is 1. The number of hydrogen-bond donors (Lipinski definition) is 3. The summed E-state index contributed by atoms with van der Waals surface area (Å²) in [6.45, 7) is 4.18. The van der Waals surface area contributed by atoms with Gasteiger partial charge in [0.1, 0.15) is 5.75 Å². The number of aliphatic hydroxyl groups excluding tert-OH is 1. The van der Waals surface area contributed by atoms with Gasteiger partial charge in [0.2, 0.25) is 5.95 Å². The van der Waals surface area contributed by atoms with Gasteiger partial charge in [-0.3, -0.25) is 0 Å². The molecule has 0 bridgehead atoms. The van der Waals surface area contributed by atoms with E-state index in [1.165, 1.54) is 0 Å². The van der Waals surface area contributed by atoms with Crippen LogP contribution in [0, 0.1) is 0 Å². The molecule has 2 heterocycles. The van der Waals surface area contributed by atoms with Crippen molar-refractivity contribution in [3.05, 3.63) is 29.5 Å². The Balaban J connectivity index is 1.71. The minimum Gasteiger partial charge on any atom is -0.497 e. The third-order valence-corrected chi connectivity index (χ3v) is 5.60. The Kier molecular flexibility index (Phi) is 5.97. The van der Waals surface area contributed by atoms with Gasteiger partial charge < -0.3 is 25.0 Å². The van der Waals surface area contributed by atoms with Gasteiger partial charge >= 0.3 is 0 Å². The van der Waals surface area contributed by atoms with Gasteiger partial charge in [0.25, 0.3) is 0 Å². The smallest absolute Gasteiger partial charge is 0.227 e. The number of nitrogens with zero attached hydrogens (tertiary/aromatic N) is 4. The number of aromatic nitrogens is 4. The van der Waals surface area contributed by atoms with Crippen LogP contribution in [0.15, 0.2) is 24.5 Å². The molecule has 0 saturated heterocycles. The molecule has 30 heavy (non-hydrogen) atoms. The standard InChI is InChI=1S/C21H27ClN6O2/c1-12(2)28-11-23-18-19(24-15-8-13(22)9-17(10-15)30-3)26-21(27-20(18)28)25-14-4-6-16(29)7-5-14/h8-12,14,16,29H,4-7H2,1-3H3,(H2,24,25,26,27). The first kappa shape index (κ1) is 20.7. The molecular weight excluding hydrogens is 404 g/mol. The van der Waals surface area contributed by atoms with Gasteiger partial charge in [-0.25, -0.2) is 4.98 Å². The second-order valence-electron chi connectivity index (χ2n) is 7.97. The zero-order valence-corrected chi connectivity index (χ0v) is 18.1. The maximum Gasteiger partial charge on any atom is 0.227 e. The lowest BCUT2D eigenvalue weighted by Gasteiger charge is -2.26. The quantitative estimate of drug-likeness (QED) is 0.528. The first-order chi connectivity index (χ1) is 14.4. The summed E-state index contributed by atoms with van der Waals surface area (Å²) in [5, 5.41) is 17.1. The van der Waals surface area contributed by atoms with Crippen LogP contribution in [0.2, 0.25) is 5.02 Å². The van der Waals surface area contributed by atoms with Crippen molar-refractivity contribution in [2.45, 2.75) is 57.7 Å². The highest BCUT2D eigenvalue weighted by molar-refractivity contribution is 6.31. The monoisotopic (exact) mass is 430 g/mol. The maximum absolute atomic E-state index is 9.78. The van der Waals surface area contributed by atoms with Crippen molar-refractivity contribution in [1.29, 1.82) is 0 Å². The number of aliphatic hydroxyl groups is 1. The minimum absolute atomic E-state index is 0.205. The molecule has 0 amide bonds. The topological polar surface area (TPSA) is 97.1 Å². The lowest BCUT2D eigenvalue weighted by molar-refractivity contribution is 0.126. The maximum atomic E-state index is 9.78. The summed E-state index contributed by atoms with van der Waals surface area (Å²) in [6, 6.07) is 5.87. The molecular formula is C21H27ClN6O2. The van der Waals surface area contributed by atoms with Crippen LogP contribution in [0.5, 0.6) is 5.75 Å². The Bertz CT molecular complexity index is 1030. The van der Waals surface area contributed by atoms with E-state index in [0.29, 0.717) is 28.1 Å². The molecule has 0 atom stereocenters. The summed E-state index contributed by atoms with van der Waals surface area (Å²) in [4.78, 5) is 14.0. The average molecular weight is 431 g/mol. The number of nitrogens with one attached hydrogen (secondary N) is 2. The molecule has 0 spiro atoms. The van der Waals surface area contributed by atoms with Crippen LogP contribution in [0.25, 0.3) is 11.2 Å². The van der Waals surface area contributed by atoms with Gasteiger partial charge in [0, 0.05) is 28.9 Å². The van der Waals surface area contributed by atoms with Crippen molar-refractivity contribution in [2.75, 3.05) is 17.7 Å². The van der Waals surface area contributed by atoms with Crippen molar-refractivity contribution >= 4 is 40.2 Å². The van der Waals surface area contributed by atoms with Crippen molar-refractivity contribution < 1.29 is 9.84 Å². The number of anilines is 3. The fourth-order valence-corrected chi connectivity index (χ4v) is 3.96. The van der Waals surface area contributed by atoms with E-state index in [1.54, 1.807) is 19.5 Å². The molecule has 160 valence electrons. The van der Waals surface area contributed by atoms with Crippen LogP contribution in [0.4, 0.5) is 17.5 Å². The summed E-state index contributed by atoms with van der Waals surface area (Å²) in [5.41, 5.74) is 2.20. The summed E-state index contributed by atoms with van der Waals surface area (Å²) in [6.07, 6.45) is 4.94. The summed E-state index contributed by atoms with van der Waals surface area (Å²) < 4.78 is 7.34. The molecule has 8 nitrogen and oxygen atoms in total. The van der Waals surface area contributed by atoms with Crippen LogP contribution >= 0.6 is 11.6 Å². The van der Waals surface area contributed by atoms with Gasteiger partial charge in [0.05, 0.1) is 19.5 Å². The molecule has 1 saturated carbocycles. The highest BCUT2D eigenvalue weighted by Crippen LogP contribution is 2.30. The van der Waals surface area contributed by atoms with Crippen LogP contribution in [-0.4, -0.2) is 43.9 Å². The summed E-state index contributed by atoms with van der Waals surface area (Å²) in [7, 11) is 1.60. The number of benzene rings is 1. The molecule has 0 unspecified atom stereocenters. The van der Waals surface area contributed by atoms with E-state index < -0.39 is 0 Å². The zero-order chi connectivity index (χ0) is 21.3. The molecule has 1 aliphatic rings. The third kappa shape index (κ3) is 4.44. The predicted molar refractivity (Wildman–Crippen MR) is 119 cm³/mol. The average Bonchev–Trinajstić information content (AvgIpc) is 3.14. The van der Waals surface area contributed by atoms with Gasteiger partial charge in [-0.2, -0.15) is 9.97 Å². The van der Waals surface area contributed by atoms with Crippen molar-refractivity contribution in [3.63, 3.8) is 0 Å². The number of methoxy groups -OCH3 is 1. The number of ether oxygens (including phenoxy) is 1. The second-order valence-corrected chi connectivity index (χ2v) is 8.40. The summed E-state index contributed by atoms with van der Waals surface area (Å²) in [5.74, 6) is 1.80.